The van der Waals surface area contributed by atoms with Crippen LogP contribution in [0.1, 0.15) is 29.5 Å². The number of methoxy groups -OCH3 is 1. The second kappa shape index (κ2) is 6.55. The van der Waals surface area contributed by atoms with Crippen molar-refractivity contribution in [2.24, 2.45) is 0 Å². The summed E-state index contributed by atoms with van der Waals surface area (Å²) >= 11 is 0. The second-order valence-corrected chi connectivity index (χ2v) is 5.21. The van der Waals surface area contributed by atoms with Gasteiger partial charge in [-0.1, -0.05) is 6.07 Å². The molecule has 1 aromatic carbocycles. The minimum Gasteiger partial charge on any atom is -0.496 e. The number of amides is 1. The maximum Gasteiger partial charge on any atom is 0.227 e. The van der Waals surface area contributed by atoms with Gasteiger partial charge < -0.3 is 14.4 Å². The molecule has 0 aliphatic carbocycles. The first-order chi connectivity index (χ1) is 9.65. The number of aldehydes is 1. The summed E-state index contributed by atoms with van der Waals surface area (Å²) in [6.07, 6.45) is 3.46. The van der Waals surface area contributed by atoms with Gasteiger partial charge in [0.05, 0.1) is 13.5 Å². The maximum atomic E-state index is 12.3. The van der Waals surface area contributed by atoms with Gasteiger partial charge in [0.15, 0.2) is 0 Å². The Hall–Kier alpha value is -1.84. The van der Waals surface area contributed by atoms with Crippen LogP contribution >= 0.6 is 0 Å². The van der Waals surface area contributed by atoms with Crippen LogP contribution in [-0.4, -0.2) is 37.3 Å². The van der Waals surface area contributed by atoms with E-state index in [1.165, 1.54) is 5.56 Å². The summed E-state index contributed by atoms with van der Waals surface area (Å²) in [4.78, 5) is 24.5. The number of benzene rings is 1. The Morgan fingerprint density at radius 1 is 1.35 bits per heavy atom. The van der Waals surface area contributed by atoms with E-state index in [0.717, 1.165) is 42.5 Å². The first kappa shape index (κ1) is 14.6. The highest BCUT2D eigenvalue weighted by molar-refractivity contribution is 5.80. The fourth-order valence-corrected chi connectivity index (χ4v) is 2.66. The molecule has 1 aliphatic heterocycles. The average Bonchev–Trinajstić information content (AvgIpc) is 2.58. The molecule has 4 heteroatoms. The van der Waals surface area contributed by atoms with E-state index >= 15 is 0 Å². The van der Waals surface area contributed by atoms with Gasteiger partial charge in [0.2, 0.25) is 5.91 Å². The average molecular weight is 275 g/mol. The highest BCUT2D eigenvalue weighted by atomic mass is 16.5. The zero-order chi connectivity index (χ0) is 14.5. The Balaban J connectivity index is 2.14. The minimum atomic E-state index is 0.139. The third-order valence-electron chi connectivity index (χ3n) is 3.81. The van der Waals surface area contributed by atoms with Crippen LogP contribution in [0.4, 0.5) is 0 Å². The minimum absolute atomic E-state index is 0.139. The first-order valence-corrected chi connectivity index (χ1v) is 7.03. The SMILES string of the molecule is COc1cc2c(cc1C)CCN(CCCC=O)C(=O)C2. The fourth-order valence-electron chi connectivity index (χ4n) is 2.66. The summed E-state index contributed by atoms with van der Waals surface area (Å²) in [7, 11) is 1.65. The van der Waals surface area contributed by atoms with E-state index in [-0.39, 0.29) is 5.91 Å². The highest BCUT2D eigenvalue weighted by Gasteiger charge is 2.21. The second-order valence-electron chi connectivity index (χ2n) is 5.21. The lowest BCUT2D eigenvalue weighted by atomic mass is 9.99. The van der Waals surface area contributed by atoms with E-state index in [9.17, 15) is 9.59 Å². The maximum absolute atomic E-state index is 12.3. The smallest absolute Gasteiger partial charge is 0.227 e. The molecular weight excluding hydrogens is 254 g/mol. The summed E-state index contributed by atoms with van der Waals surface area (Å²) in [6, 6.07) is 4.11. The van der Waals surface area contributed by atoms with Gasteiger partial charge in [-0.05, 0) is 42.5 Å². The van der Waals surface area contributed by atoms with Crippen LogP contribution in [0.5, 0.6) is 5.75 Å². The third kappa shape index (κ3) is 3.18. The molecule has 1 aliphatic rings. The first-order valence-electron chi connectivity index (χ1n) is 7.03. The quantitative estimate of drug-likeness (QED) is 0.609. The molecule has 108 valence electrons. The van der Waals surface area contributed by atoms with Crippen LogP contribution < -0.4 is 4.74 Å². The topological polar surface area (TPSA) is 46.6 Å². The Morgan fingerprint density at radius 3 is 2.85 bits per heavy atom. The molecule has 0 radical (unpaired) electrons. The van der Waals surface area contributed by atoms with Gasteiger partial charge >= 0.3 is 0 Å². The molecule has 0 saturated carbocycles. The van der Waals surface area contributed by atoms with Crippen molar-refractivity contribution in [3.8, 4) is 5.75 Å². The molecule has 1 amide bonds. The van der Waals surface area contributed by atoms with Crippen molar-refractivity contribution >= 4 is 12.2 Å². The molecule has 20 heavy (non-hydrogen) atoms. The molecule has 4 nitrogen and oxygen atoms in total. The van der Waals surface area contributed by atoms with E-state index in [1.54, 1.807) is 7.11 Å². The van der Waals surface area contributed by atoms with Gasteiger partial charge in [0.25, 0.3) is 0 Å². The Morgan fingerprint density at radius 2 is 2.15 bits per heavy atom. The largest absolute Gasteiger partial charge is 0.496 e. The standard InChI is InChI=1S/C16H21NO3/c1-12-9-13-5-7-17(6-3-4-8-18)16(19)11-14(13)10-15(12)20-2/h8-10H,3-7,11H2,1-2H3. The summed E-state index contributed by atoms with van der Waals surface area (Å²) in [5, 5.41) is 0. The molecular formula is C16H21NO3. The molecule has 0 spiro atoms. The zero-order valence-corrected chi connectivity index (χ0v) is 12.1. The molecule has 0 atom stereocenters. The van der Waals surface area contributed by atoms with Crippen LogP contribution in [-0.2, 0) is 22.4 Å². The van der Waals surface area contributed by atoms with Gasteiger partial charge in [-0.2, -0.15) is 0 Å². The van der Waals surface area contributed by atoms with Crippen molar-refractivity contribution in [2.75, 3.05) is 20.2 Å². The van der Waals surface area contributed by atoms with E-state index in [2.05, 4.69) is 6.07 Å². The summed E-state index contributed by atoms with van der Waals surface area (Å²) in [5.41, 5.74) is 3.40. The monoisotopic (exact) mass is 275 g/mol. The molecule has 0 N–H and O–H groups in total. The molecule has 0 saturated heterocycles. The van der Waals surface area contributed by atoms with Crippen LogP contribution in [0, 0.1) is 6.92 Å². The Labute approximate surface area is 119 Å². The van der Waals surface area contributed by atoms with Crippen LogP contribution in [0.3, 0.4) is 0 Å². The fraction of sp³-hybridized carbons (Fsp3) is 0.500. The molecule has 2 rings (SSSR count). The summed E-state index contributed by atoms with van der Waals surface area (Å²) < 4.78 is 5.33. The van der Waals surface area contributed by atoms with Crippen molar-refractivity contribution in [3.05, 3.63) is 28.8 Å². The number of rotatable bonds is 5. The third-order valence-corrected chi connectivity index (χ3v) is 3.81. The normalized spacial score (nSPS) is 14.7. The molecule has 1 heterocycles. The van der Waals surface area contributed by atoms with E-state index in [1.807, 2.05) is 17.9 Å². The van der Waals surface area contributed by atoms with E-state index in [0.29, 0.717) is 19.4 Å². The number of carbonyl (C=O) groups is 2. The molecule has 1 aromatic rings. The predicted molar refractivity (Wildman–Crippen MR) is 77.0 cm³/mol. The summed E-state index contributed by atoms with van der Waals surface area (Å²) in [6.45, 7) is 3.42. The predicted octanol–water partition coefficient (Wildman–Crippen LogP) is 1.91. The van der Waals surface area contributed by atoms with Crippen molar-refractivity contribution in [3.63, 3.8) is 0 Å². The van der Waals surface area contributed by atoms with Crippen LogP contribution in [0.15, 0.2) is 12.1 Å². The van der Waals surface area contributed by atoms with Gasteiger partial charge in [0, 0.05) is 19.5 Å². The number of aryl methyl sites for hydroxylation is 1. The van der Waals surface area contributed by atoms with Gasteiger partial charge in [-0.3, -0.25) is 4.79 Å². The highest BCUT2D eigenvalue weighted by Crippen LogP contribution is 2.26. The number of hydrogen-bond donors (Lipinski definition) is 0. The Kier molecular flexibility index (Phi) is 4.77. The van der Waals surface area contributed by atoms with Crippen molar-refractivity contribution in [1.29, 1.82) is 0 Å². The van der Waals surface area contributed by atoms with Crippen LogP contribution in [0.25, 0.3) is 0 Å². The number of fused-ring (bicyclic) bond motifs is 1. The van der Waals surface area contributed by atoms with E-state index in [4.69, 9.17) is 4.74 Å². The van der Waals surface area contributed by atoms with Crippen molar-refractivity contribution < 1.29 is 14.3 Å². The number of unbranched alkanes of at least 4 members (excludes halogenated alkanes) is 1. The van der Waals surface area contributed by atoms with Crippen LogP contribution in [0.2, 0.25) is 0 Å². The lowest BCUT2D eigenvalue weighted by molar-refractivity contribution is -0.130. The Bertz CT molecular complexity index is 511. The zero-order valence-electron chi connectivity index (χ0n) is 12.1. The van der Waals surface area contributed by atoms with Gasteiger partial charge in [-0.15, -0.1) is 0 Å². The molecule has 0 aromatic heterocycles. The van der Waals surface area contributed by atoms with Gasteiger partial charge in [0.1, 0.15) is 12.0 Å². The summed E-state index contributed by atoms with van der Waals surface area (Å²) in [5.74, 6) is 0.978. The number of hydrogen-bond acceptors (Lipinski definition) is 3. The lowest BCUT2D eigenvalue weighted by Gasteiger charge is -2.19. The molecule has 0 unspecified atom stereocenters. The number of nitrogens with zero attached hydrogens (tertiary/aromatic N) is 1. The lowest BCUT2D eigenvalue weighted by Crippen LogP contribution is -2.33. The van der Waals surface area contributed by atoms with E-state index < -0.39 is 0 Å². The molecule has 0 bridgehead atoms. The van der Waals surface area contributed by atoms with Gasteiger partial charge in [-0.25, -0.2) is 0 Å². The van der Waals surface area contributed by atoms with Crippen molar-refractivity contribution in [1.82, 2.24) is 4.90 Å². The van der Waals surface area contributed by atoms with Crippen molar-refractivity contribution in [2.45, 2.75) is 32.6 Å². The number of carbonyl (C=O) groups excluding carboxylic acids is 2. The molecule has 0 fully saturated rings. The number of ether oxygens (including phenoxy) is 1.